The highest BCUT2D eigenvalue weighted by Gasteiger charge is 2.45. The van der Waals surface area contributed by atoms with E-state index >= 15 is 0 Å². The maximum absolute atomic E-state index is 14.3. The molecule has 3 N–H and O–H groups in total. The molecule has 0 bridgehead atoms. The van der Waals surface area contributed by atoms with Crippen LogP contribution in [-0.4, -0.2) is 49.6 Å². The molecular formula is C22H25FN4O3. The number of nitrogens with zero attached hydrogens (tertiary/aromatic N) is 3. The fraction of sp³-hybridized carbons (Fsp3) is 0.455. The molecule has 158 valence electrons. The van der Waals surface area contributed by atoms with Gasteiger partial charge in [0.05, 0.1) is 11.7 Å². The van der Waals surface area contributed by atoms with Gasteiger partial charge in [0, 0.05) is 29.6 Å². The van der Waals surface area contributed by atoms with Crippen molar-refractivity contribution < 1.29 is 19.3 Å². The second-order valence-electron chi connectivity index (χ2n) is 8.22. The van der Waals surface area contributed by atoms with Gasteiger partial charge in [-0.2, -0.15) is 0 Å². The van der Waals surface area contributed by atoms with Gasteiger partial charge in [-0.25, -0.2) is 14.4 Å². The first-order chi connectivity index (χ1) is 14.5. The highest BCUT2D eigenvalue weighted by atomic mass is 19.1. The summed E-state index contributed by atoms with van der Waals surface area (Å²) in [6.07, 6.45) is 1.67. The molecule has 7 nitrogen and oxygen atoms in total. The van der Waals surface area contributed by atoms with Crippen molar-refractivity contribution in [2.45, 2.75) is 57.1 Å². The van der Waals surface area contributed by atoms with Crippen LogP contribution in [0.3, 0.4) is 0 Å². The third-order valence-electron chi connectivity index (χ3n) is 6.46. The van der Waals surface area contributed by atoms with Gasteiger partial charge in [-0.15, -0.1) is 0 Å². The van der Waals surface area contributed by atoms with Crippen molar-refractivity contribution in [3.05, 3.63) is 53.4 Å². The lowest BCUT2D eigenvalue weighted by Crippen LogP contribution is -2.35. The number of aromatic nitrogens is 3. The van der Waals surface area contributed by atoms with E-state index in [0.717, 1.165) is 22.3 Å². The number of aryl methyl sites for hydroxylation is 1. The van der Waals surface area contributed by atoms with Crippen molar-refractivity contribution in [2.75, 3.05) is 6.54 Å². The van der Waals surface area contributed by atoms with Gasteiger partial charge in [0.1, 0.15) is 41.9 Å². The van der Waals surface area contributed by atoms with Crippen molar-refractivity contribution in [3.8, 4) is 5.75 Å². The summed E-state index contributed by atoms with van der Waals surface area (Å²) in [5.41, 5.74) is 3.03. The molecule has 0 spiro atoms. The van der Waals surface area contributed by atoms with E-state index < -0.39 is 18.3 Å². The molecule has 1 aliphatic heterocycles. The van der Waals surface area contributed by atoms with Gasteiger partial charge < -0.3 is 24.8 Å². The zero-order chi connectivity index (χ0) is 21.0. The Morgan fingerprint density at radius 2 is 2.03 bits per heavy atom. The van der Waals surface area contributed by atoms with Gasteiger partial charge in [0.25, 0.3) is 0 Å². The molecule has 8 heteroatoms. The predicted molar refractivity (Wildman–Crippen MR) is 109 cm³/mol. The van der Waals surface area contributed by atoms with E-state index in [1.165, 1.54) is 12.4 Å². The lowest BCUT2D eigenvalue weighted by Gasteiger charge is -2.28. The first-order valence-electron chi connectivity index (χ1n) is 10.3. The number of aliphatic hydroxyl groups is 2. The standard InChI is InChI=1S/C22H25FN4O3/c1-11-13-6-8-27(22(13)26-10-25-11)16-9-18(21(29)20(16)28)30-17-4-3-15(23)14-5-7-24-12(2)19(14)17/h3-4,6,8,10,12,16,18,20-21,24,28-29H,5,7,9H2,1-2H3/t12?,16-,18+,20+,21-/m1/s1. The number of hydrogen-bond acceptors (Lipinski definition) is 6. The highest BCUT2D eigenvalue weighted by molar-refractivity contribution is 5.78. The molecule has 30 heavy (non-hydrogen) atoms. The first kappa shape index (κ1) is 19.4. The van der Waals surface area contributed by atoms with Crippen molar-refractivity contribution in [1.82, 2.24) is 19.9 Å². The molecule has 5 rings (SSSR count). The van der Waals surface area contributed by atoms with Crippen molar-refractivity contribution in [1.29, 1.82) is 0 Å². The van der Waals surface area contributed by atoms with Crippen LogP contribution in [0.2, 0.25) is 0 Å². The summed E-state index contributed by atoms with van der Waals surface area (Å²) in [5.74, 6) is 0.322. The number of nitrogens with one attached hydrogen (secondary N) is 1. The molecule has 1 unspecified atom stereocenters. The van der Waals surface area contributed by atoms with E-state index in [9.17, 15) is 14.6 Å². The Labute approximate surface area is 173 Å². The SMILES string of the molecule is Cc1ncnc2c1ccn2[C@@H]1C[C@H](Oc2ccc(F)c3c2C(C)NCC3)[C@@H](O)[C@H]1O. The van der Waals surface area contributed by atoms with E-state index in [0.29, 0.717) is 30.7 Å². The zero-order valence-electron chi connectivity index (χ0n) is 16.9. The van der Waals surface area contributed by atoms with Crippen molar-refractivity contribution in [2.24, 2.45) is 0 Å². The summed E-state index contributed by atoms with van der Waals surface area (Å²) in [5, 5.41) is 25.7. The number of aliphatic hydroxyl groups excluding tert-OH is 2. The molecule has 2 aromatic heterocycles. The minimum Gasteiger partial charge on any atom is -0.487 e. The van der Waals surface area contributed by atoms with Crippen LogP contribution in [0, 0.1) is 12.7 Å². The monoisotopic (exact) mass is 412 g/mol. The minimum atomic E-state index is -1.07. The third-order valence-corrected chi connectivity index (χ3v) is 6.46. The average Bonchev–Trinajstić information content (AvgIpc) is 3.28. The fourth-order valence-corrected chi connectivity index (χ4v) is 4.85. The quantitative estimate of drug-likeness (QED) is 0.611. The molecule has 1 fully saturated rings. The Morgan fingerprint density at radius 3 is 2.87 bits per heavy atom. The summed E-state index contributed by atoms with van der Waals surface area (Å²) in [7, 11) is 0. The molecule has 1 saturated carbocycles. The maximum atomic E-state index is 14.3. The van der Waals surface area contributed by atoms with Crippen LogP contribution in [0.25, 0.3) is 11.0 Å². The molecule has 2 aliphatic rings. The molecule has 0 amide bonds. The van der Waals surface area contributed by atoms with E-state index in [4.69, 9.17) is 4.74 Å². The second-order valence-corrected chi connectivity index (χ2v) is 8.22. The molecule has 1 aromatic carbocycles. The summed E-state index contributed by atoms with van der Waals surface area (Å²) < 4.78 is 22.4. The number of halogens is 1. The van der Waals surface area contributed by atoms with Crippen LogP contribution in [0.4, 0.5) is 4.39 Å². The molecule has 3 heterocycles. The van der Waals surface area contributed by atoms with Crippen LogP contribution < -0.4 is 10.1 Å². The van der Waals surface area contributed by atoms with E-state index in [1.54, 1.807) is 6.07 Å². The van der Waals surface area contributed by atoms with Gasteiger partial charge >= 0.3 is 0 Å². The first-order valence-corrected chi connectivity index (χ1v) is 10.3. The fourth-order valence-electron chi connectivity index (χ4n) is 4.85. The number of hydrogen-bond donors (Lipinski definition) is 3. The Kier molecular flexibility index (Phi) is 4.72. The molecule has 3 aromatic rings. The second kappa shape index (κ2) is 7.30. The van der Waals surface area contributed by atoms with Gasteiger partial charge in [0.15, 0.2) is 0 Å². The summed E-state index contributed by atoms with van der Waals surface area (Å²) in [4.78, 5) is 8.57. The van der Waals surface area contributed by atoms with Gasteiger partial charge in [-0.1, -0.05) is 0 Å². The van der Waals surface area contributed by atoms with Gasteiger partial charge in [0.2, 0.25) is 0 Å². The van der Waals surface area contributed by atoms with Crippen LogP contribution in [0.15, 0.2) is 30.7 Å². The van der Waals surface area contributed by atoms with E-state index in [2.05, 4.69) is 15.3 Å². The normalized spacial score (nSPS) is 28.6. The number of ether oxygens (including phenoxy) is 1. The minimum absolute atomic E-state index is 0.0493. The summed E-state index contributed by atoms with van der Waals surface area (Å²) >= 11 is 0. The van der Waals surface area contributed by atoms with Crippen LogP contribution in [0.5, 0.6) is 5.75 Å². The molecular weight excluding hydrogens is 387 g/mol. The summed E-state index contributed by atoms with van der Waals surface area (Å²) in [6, 6.07) is 4.52. The topological polar surface area (TPSA) is 92.4 Å². The smallest absolute Gasteiger partial charge is 0.143 e. The highest BCUT2D eigenvalue weighted by Crippen LogP contribution is 2.39. The lowest BCUT2D eigenvalue weighted by molar-refractivity contribution is -0.0167. The predicted octanol–water partition coefficient (Wildman–Crippen LogP) is 2.20. The number of benzene rings is 1. The molecule has 0 radical (unpaired) electrons. The Balaban J connectivity index is 1.46. The van der Waals surface area contributed by atoms with Gasteiger partial charge in [-0.3, -0.25) is 0 Å². The van der Waals surface area contributed by atoms with Crippen molar-refractivity contribution >= 4 is 11.0 Å². The molecule has 0 saturated heterocycles. The molecule has 5 atom stereocenters. The Bertz CT molecular complexity index is 1100. The number of fused-ring (bicyclic) bond motifs is 2. The largest absolute Gasteiger partial charge is 0.487 e. The van der Waals surface area contributed by atoms with E-state index in [1.807, 2.05) is 30.7 Å². The number of rotatable bonds is 3. The lowest BCUT2D eigenvalue weighted by atomic mass is 9.93. The summed E-state index contributed by atoms with van der Waals surface area (Å²) in [6.45, 7) is 4.59. The van der Waals surface area contributed by atoms with Crippen LogP contribution >= 0.6 is 0 Å². The molecule has 1 aliphatic carbocycles. The van der Waals surface area contributed by atoms with E-state index in [-0.39, 0.29) is 17.9 Å². The third kappa shape index (κ3) is 2.98. The Morgan fingerprint density at radius 1 is 1.20 bits per heavy atom. The average molecular weight is 412 g/mol. The Hall–Kier alpha value is -2.55. The van der Waals surface area contributed by atoms with Gasteiger partial charge in [-0.05, 0) is 50.6 Å². The van der Waals surface area contributed by atoms with Crippen LogP contribution in [-0.2, 0) is 6.42 Å². The van der Waals surface area contributed by atoms with Crippen LogP contribution in [0.1, 0.15) is 42.2 Å². The maximum Gasteiger partial charge on any atom is 0.143 e. The van der Waals surface area contributed by atoms with Crippen molar-refractivity contribution in [3.63, 3.8) is 0 Å². The zero-order valence-corrected chi connectivity index (χ0v) is 16.9.